The number of hydrogen-bond donors (Lipinski definition) is 4. The van der Waals surface area contributed by atoms with E-state index in [0.717, 1.165) is 31.1 Å². The van der Waals surface area contributed by atoms with E-state index in [0.29, 0.717) is 6.54 Å². The van der Waals surface area contributed by atoms with Gasteiger partial charge in [0.25, 0.3) is 0 Å². The van der Waals surface area contributed by atoms with E-state index < -0.39 is 17.5 Å². The summed E-state index contributed by atoms with van der Waals surface area (Å²) in [6, 6.07) is 4.56. The van der Waals surface area contributed by atoms with E-state index in [1.165, 1.54) is 25.0 Å². The van der Waals surface area contributed by atoms with E-state index in [2.05, 4.69) is 25.2 Å². The van der Waals surface area contributed by atoms with Crippen molar-refractivity contribution in [1.82, 2.24) is 20.3 Å². The van der Waals surface area contributed by atoms with Crippen LogP contribution in [0.25, 0.3) is 11.0 Å². The van der Waals surface area contributed by atoms with Crippen LogP contribution in [0.5, 0.6) is 0 Å². The Morgan fingerprint density at radius 1 is 1.28 bits per heavy atom. The van der Waals surface area contributed by atoms with Crippen LogP contribution < -0.4 is 10.8 Å². The molecule has 1 saturated carbocycles. The fourth-order valence-electron chi connectivity index (χ4n) is 3.40. The van der Waals surface area contributed by atoms with Crippen LogP contribution in [0, 0.1) is 23.4 Å². The van der Waals surface area contributed by atoms with Crippen molar-refractivity contribution >= 4 is 40.1 Å². The number of likely N-dealkylation sites (N-methyl/N-ethyl adjacent to an activating group) is 1. The molecule has 1 heterocycles. The SMILES string of the molecule is CN(CCNc1nc2c(F)c(F)cc(C(=Nc3ccc(F)c(Cl)c3)NO)c2[nH]1)CC1CC1. The molecule has 2 aromatic carbocycles. The number of aromatic amines is 1. The molecule has 1 fully saturated rings. The molecule has 0 radical (unpaired) electrons. The maximum absolute atomic E-state index is 14.4. The predicted octanol–water partition coefficient (Wildman–Crippen LogP) is 4.44. The molecule has 1 aromatic heterocycles. The second kappa shape index (κ2) is 9.35. The Bertz CT molecular complexity index is 1160. The Balaban J connectivity index is 1.62. The van der Waals surface area contributed by atoms with Gasteiger partial charge in [0.1, 0.15) is 11.3 Å². The molecule has 0 spiro atoms. The van der Waals surface area contributed by atoms with Crippen LogP contribution in [0.1, 0.15) is 18.4 Å². The average Bonchev–Trinajstić information content (AvgIpc) is 3.47. The van der Waals surface area contributed by atoms with E-state index in [1.54, 1.807) is 0 Å². The number of H-pyrrole nitrogens is 1. The second-order valence-corrected chi connectivity index (χ2v) is 8.24. The van der Waals surface area contributed by atoms with E-state index in [1.807, 2.05) is 12.5 Å². The summed E-state index contributed by atoms with van der Waals surface area (Å²) in [5, 5.41) is 12.5. The van der Waals surface area contributed by atoms with Gasteiger partial charge in [-0.15, -0.1) is 0 Å². The van der Waals surface area contributed by atoms with Gasteiger partial charge >= 0.3 is 0 Å². The molecule has 1 aliphatic carbocycles. The Morgan fingerprint density at radius 2 is 2.06 bits per heavy atom. The molecular weight excluding hydrogens is 445 g/mol. The smallest absolute Gasteiger partial charge is 0.201 e. The van der Waals surface area contributed by atoms with Crippen molar-refractivity contribution in [1.29, 1.82) is 0 Å². The average molecular weight is 467 g/mol. The Hall–Kier alpha value is -2.82. The number of imidazole rings is 1. The van der Waals surface area contributed by atoms with E-state index in [-0.39, 0.29) is 39.1 Å². The number of anilines is 1. The van der Waals surface area contributed by atoms with Crippen LogP contribution in [-0.2, 0) is 0 Å². The second-order valence-electron chi connectivity index (χ2n) is 7.83. The highest BCUT2D eigenvalue weighted by Gasteiger charge is 2.23. The van der Waals surface area contributed by atoms with E-state index in [4.69, 9.17) is 11.6 Å². The molecule has 170 valence electrons. The summed E-state index contributed by atoms with van der Waals surface area (Å²) < 4.78 is 42.1. The van der Waals surface area contributed by atoms with Crippen molar-refractivity contribution in [3.05, 3.63) is 52.3 Å². The standard InChI is InChI=1S/C21H22ClF3N6O/c1-31(10-11-2-3-11)7-6-26-21-28-18-13(9-16(24)17(25)19(18)29-21)20(30-32)27-12-4-5-15(23)14(22)8-12/h4-5,8-9,11,32H,2-3,6-7,10H2,1H3,(H,27,30)(H2,26,28,29). The molecule has 3 aromatic rings. The number of nitrogens with one attached hydrogen (secondary N) is 3. The van der Waals surface area contributed by atoms with Crippen molar-refractivity contribution in [2.45, 2.75) is 12.8 Å². The minimum absolute atomic E-state index is 0.0354. The maximum atomic E-state index is 14.4. The van der Waals surface area contributed by atoms with Crippen LogP contribution in [-0.4, -0.2) is 52.6 Å². The van der Waals surface area contributed by atoms with Gasteiger partial charge in [-0.1, -0.05) is 11.6 Å². The first-order chi connectivity index (χ1) is 15.4. The lowest BCUT2D eigenvalue weighted by Crippen LogP contribution is -2.27. The van der Waals surface area contributed by atoms with Crippen molar-refractivity contribution in [3.8, 4) is 0 Å². The van der Waals surface area contributed by atoms with E-state index in [9.17, 15) is 18.4 Å². The fourth-order valence-corrected chi connectivity index (χ4v) is 3.57. The Morgan fingerprint density at radius 3 is 2.75 bits per heavy atom. The molecule has 0 aliphatic heterocycles. The molecule has 4 N–H and O–H groups in total. The van der Waals surface area contributed by atoms with Crippen LogP contribution in [0.3, 0.4) is 0 Å². The van der Waals surface area contributed by atoms with Gasteiger partial charge in [-0.05, 0) is 50.1 Å². The normalized spacial score (nSPS) is 14.4. The quantitative estimate of drug-likeness (QED) is 0.224. The highest BCUT2D eigenvalue weighted by Crippen LogP contribution is 2.29. The molecule has 0 saturated heterocycles. The van der Waals surface area contributed by atoms with Gasteiger partial charge in [-0.25, -0.2) is 23.1 Å². The van der Waals surface area contributed by atoms with Gasteiger partial charge in [0.2, 0.25) is 5.95 Å². The Kier molecular flexibility index (Phi) is 6.54. The first kappa shape index (κ1) is 22.4. The third kappa shape index (κ3) is 4.98. The number of aliphatic imine (C=N–C) groups is 1. The summed E-state index contributed by atoms with van der Waals surface area (Å²) in [6.45, 7) is 2.34. The zero-order valence-electron chi connectivity index (χ0n) is 17.2. The number of nitrogens with zero attached hydrogens (tertiary/aromatic N) is 3. The number of halogens is 4. The number of hydroxylamine groups is 1. The number of aromatic nitrogens is 2. The molecule has 0 unspecified atom stereocenters. The van der Waals surface area contributed by atoms with Crippen LogP contribution in [0.4, 0.5) is 24.8 Å². The number of benzene rings is 2. The highest BCUT2D eigenvalue weighted by molar-refractivity contribution is 6.31. The molecule has 11 heteroatoms. The Labute approximate surface area is 187 Å². The topological polar surface area (TPSA) is 88.6 Å². The molecule has 4 rings (SSSR count). The lowest BCUT2D eigenvalue weighted by atomic mass is 10.1. The third-order valence-corrected chi connectivity index (χ3v) is 5.51. The molecule has 7 nitrogen and oxygen atoms in total. The number of rotatable bonds is 8. The zero-order chi connectivity index (χ0) is 22.8. The fraction of sp³-hybridized carbons (Fsp3) is 0.333. The summed E-state index contributed by atoms with van der Waals surface area (Å²) in [5.41, 5.74) is 2.00. The monoisotopic (exact) mass is 466 g/mol. The largest absolute Gasteiger partial charge is 0.355 e. The molecule has 0 amide bonds. The van der Waals surface area contributed by atoms with E-state index >= 15 is 0 Å². The van der Waals surface area contributed by atoms with Crippen molar-refractivity contribution < 1.29 is 18.4 Å². The summed E-state index contributed by atoms with van der Waals surface area (Å²) in [4.78, 5) is 13.4. The van der Waals surface area contributed by atoms with Crippen molar-refractivity contribution in [3.63, 3.8) is 0 Å². The van der Waals surface area contributed by atoms with Gasteiger partial charge in [0, 0.05) is 25.2 Å². The van der Waals surface area contributed by atoms with Crippen LogP contribution in [0.15, 0.2) is 29.3 Å². The number of hydrogen-bond acceptors (Lipinski definition) is 5. The van der Waals surface area contributed by atoms with Gasteiger partial charge in [0.05, 0.1) is 16.2 Å². The minimum Gasteiger partial charge on any atom is -0.355 e. The highest BCUT2D eigenvalue weighted by atomic mass is 35.5. The van der Waals surface area contributed by atoms with Crippen LogP contribution in [0.2, 0.25) is 5.02 Å². The molecule has 0 atom stereocenters. The molecule has 0 bridgehead atoms. The number of amidine groups is 1. The van der Waals surface area contributed by atoms with Gasteiger partial charge in [-0.3, -0.25) is 10.7 Å². The molecule has 1 aliphatic rings. The van der Waals surface area contributed by atoms with Crippen LogP contribution >= 0.6 is 11.6 Å². The first-order valence-electron chi connectivity index (χ1n) is 10.1. The summed E-state index contributed by atoms with van der Waals surface area (Å²) in [6.07, 6.45) is 2.53. The zero-order valence-corrected chi connectivity index (χ0v) is 18.0. The minimum atomic E-state index is -1.16. The van der Waals surface area contributed by atoms with Crippen molar-refractivity contribution in [2.24, 2.45) is 10.9 Å². The summed E-state index contributed by atoms with van der Waals surface area (Å²) in [7, 11) is 2.03. The summed E-state index contributed by atoms with van der Waals surface area (Å²) >= 11 is 5.77. The third-order valence-electron chi connectivity index (χ3n) is 5.22. The maximum Gasteiger partial charge on any atom is 0.201 e. The van der Waals surface area contributed by atoms with Gasteiger partial charge in [0.15, 0.2) is 17.5 Å². The lowest BCUT2D eigenvalue weighted by Gasteiger charge is -2.15. The predicted molar refractivity (Wildman–Crippen MR) is 117 cm³/mol. The van der Waals surface area contributed by atoms with Crippen molar-refractivity contribution in [2.75, 3.05) is 32.0 Å². The van der Waals surface area contributed by atoms with Gasteiger partial charge < -0.3 is 15.2 Å². The lowest BCUT2D eigenvalue weighted by molar-refractivity contribution is 0.235. The molecular formula is C21H22ClF3N6O. The first-order valence-corrected chi connectivity index (χ1v) is 10.5. The van der Waals surface area contributed by atoms with Gasteiger partial charge in [-0.2, -0.15) is 0 Å². The number of fused-ring (bicyclic) bond motifs is 1. The summed E-state index contributed by atoms with van der Waals surface area (Å²) in [5.74, 6) is -2.09. The molecule has 32 heavy (non-hydrogen) atoms.